The second-order valence-corrected chi connectivity index (χ2v) is 9.17. The van der Waals surface area contributed by atoms with Crippen LogP contribution in [0.1, 0.15) is 56.4 Å². The van der Waals surface area contributed by atoms with E-state index in [1.165, 1.54) is 12.1 Å². The third-order valence-electron chi connectivity index (χ3n) is 6.95. The highest BCUT2D eigenvalue weighted by Crippen LogP contribution is 2.64. The van der Waals surface area contributed by atoms with Crippen LogP contribution in [0.3, 0.4) is 0 Å². The van der Waals surface area contributed by atoms with Crippen LogP contribution in [0, 0.1) is 17.2 Å². The summed E-state index contributed by atoms with van der Waals surface area (Å²) in [5, 5.41) is 7.54. The molecular weight excluding hydrogens is 379 g/mol. The van der Waals surface area contributed by atoms with Crippen LogP contribution in [-0.2, 0) is 11.8 Å². The molecular formula is C22H24F3N3O. The van der Waals surface area contributed by atoms with Gasteiger partial charge in [-0.25, -0.2) is 13.2 Å². The van der Waals surface area contributed by atoms with Gasteiger partial charge in [-0.05, 0) is 61.3 Å². The van der Waals surface area contributed by atoms with Crippen LogP contribution >= 0.6 is 0 Å². The molecule has 0 unspecified atom stereocenters. The minimum Gasteiger partial charge on any atom is -0.309 e. The van der Waals surface area contributed by atoms with Crippen molar-refractivity contribution in [3.63, 3.8) is 0 Å². The average molecular weight is 403 g/mol. The molecule has 1 amide bonds. The van der Waals surface area contributed by atoms with Gasteiger partial charge in [-0.1, -0.05) is 6.42 Å². The molecule has 2 aromatic rings. The monoisotopic (exact) mass is 403 g/mol. The summed E-state index contributed by atoms with van der Waals surface area (Å²) in [5.74, 6) is -2.33. The largest absolute Gasteiger partial charge is 0.309 e. The molecule has 3 aliphatic carbocycles. The Balaban J connectivity index is 1.37. The highest BCUT2D eigenvalue weighted by atomic mass is 19.3. The van der Waals surface area contributed by atoms with Gasteiger partial charge in [0.1, 0.15) is 5.82 Å². The van der Waals surface area contributed by atoms with Gasteiger partial charge in [0.2, 0.25) is 11.8 Å². The van der Waals surface area contributed by atoms with Crippen LogP contribution in [-0.4, -0.2) is 21.6 Å². The molecule has 3 fully saturated rings. The number of carbonyl (C=O) groups excluding carboxylic acids is 1. The highest BCUT2D eigenvalue weighted by molar-refractivity contribution is 5.94. The fourth-order valence-corrected chi connectivity index (χ4v) is 5.39. The lowest BCUT2D eigenvalue weighted by atomic mass is 9.50. The number of carbonyl (C=O) groups is 1. The zero-order chi connectivity index (χ0) is 20.4. The van der Waals surface area contributed by atoms with Gasteiger partial charge in [-0.2, -0.15) is 5.10 Å². The first-order valence-corrected chi connectivity index (χ1v) is 10.3. The minimum atomic E-state index is -2.55. The molecule has 0 atom stereocenters. The van der Waals surface area contributed by atoms with E-state index in [4.69, 9.17) is 0 Å². The number of rotatable bonds is 4. The lowest BCUT2D eigenvalue weighted by Crippen LogP contribution is -2.55. The summed E-state index contributed by atoms with van der Waals surface area (Å²) in [6.45, 7) is 0. The van der Waals surface area contributed by atoms with Gasteiger partial charge in [-0.15, -0.1) is 0 Å². The zero-order valence-corrected chi connectivity index (χ0v) is 16.4. The molecule has 0 radical (unpaired) electrons. The Morgan fingerprint density at radius 2 is 1.83 bits per heavy atom. The molecule has 1 aromatic heterocycles. The van der Waals surface area contributed by atoms with Gasteiger partial charge < -0.3 is 5.32 Å². The smallest absolute Gasteiger partial charge is 0.249 e. The third-order valence-corrected chi connectivity index (χ3v) is 6.95. The molecule has 0 saturated heterocycles. The van der Waals surface area contributed by atoms with Crippen LogP contribution in [0.2, 0.25) is 0 Å². The fourth-order valence-electron chi connectivity index (χ4n) is 5.39. The Labute approximate surface area is 167 Å². The molecule has 5 rings (SSSR count). The van der Waals surface area contributed by atoms with Crippen LogP contribution < -0.4 is 5.32 Å². The van der Waals surface area contributed by atoms with Crippen LogP contribution in [0.4, 0.5) is 19.0 Å². The van der Waals surface area contributed by atoms with E-state index < -0.39 is 5.92 Å². The number of hydrogen-bond donors (Lipinski definition) is 1. The second kappa shape index (κ2) is 6.34. The van der Waals surface area contributed by atoms with Crippen molar-refractivity contribution in [3.05, 3.63) is 35.6 Å². The summed E-state index contributed by atoms with van der Waals surface area (Å²) in [6.07, 6.45) is 4.09. The highest BCUT2D eigenvalue weighted by Gasteiger charge is 2.62. The molecule has 154 valence electrons. The predicted octanol–water partition coefficient (Wildman–Crippen LogP) is 5.26. The molecule has 1 heterocycles. The summed E-state index contributed by atoms with van der Waals surface area (Å²) in [4.78, 5) is 12.8. The SMILES string of the molecule is Cn1nc(NC(=O)C2CC3(C2)CC(F)(F)C3)c(C2CCC2)c1-c1ccc(F)cc1. The predicted molar refractivity (Wildman–Crippen MR) is 103 cm³/mol. The van der Waals surface area contributed by atoms with E-state index in [2.05, 4.69) is 10.4 Å². The number of aromatic nitrogens is 2. The third kappa shape index (κ3) is 3.15. The zero-order valence-electron chi connectivity index (χ0n) is 16.4. The maximum absolute atomic E-state index is 13.4. The number of nitrogens with zero attached hydrogens (tertiary/aromatic N) is 2. The number of hydrogen-bond acceptors (Lipinski definition) is 2. The number of benzene rings is 1. The maximum atomic E-state index is 13.4. The maximum Gasteiger partial charge on any atom is 0.249 e. The standard InChI is InChI=1S/C22H24F3N3O/c1-28-18(14-5-7-16(23)8-6-14)17(13-3-2-4-13)19(27-28)26-20(29)15-9-21(10-15)11-22(24,25)12-21/h5-8,13,15H,2-4,9-12H2,1H3,(H,26,27,29). The van der Waals surface area contributed by atoms with Crippen LogP contribution in [0.25, 0.3) is 11.3 Å². The van der Waals surface area contributed by atoms with Crippen molar-refractivity contribution in [2.75, 3.05) is 5.32 Å². The molecule has 0 aliphatic heterocycles. The van der Waals surface area contributed by atoms with Gasteiger partial charge >= 0.3 is 0 Å². The molecule has 0 bridgehead atoms. The van der Waals surface area contributed by atoms with E-state index in [1.807, 2.05) is 7.05 Å². The molecule has 4 nitrogen and oxygen atoms in total. The number of nitrogens with one attached hydrogen (secondary N) is 1. The molecule has 3 aliphatic rings. The summed E-state index contributed by atoms with van der Waals surface area (Å²) in [5.41, 5.74) is 2.44. The number of halogens is 3. The van der Waals surface area contributed by atoms with Gasteiger partial charge in [0.05, 0.1) is 5.69 Å². The molecule has 3 saturated carbocycles. The number of amides is 1. The van der Waals surface area contributed by atoms with Crippen molar-refractivity contribution in [1.82, 2.24) is 9.78 Å². The first kappa shape index (κ1) is 18.7. The molecule has 7 heteroatoms. The fraction of sp³-hybridized carbons (Fsp3) is 0.545. The Kier molecular flexibility index (Phi) is 4.09. The Hall–Kier alpha value is -2.31. The topological polar surface area (TPSA) is 46.9 Å². The Morgan fingerprint density at radius 3 is 2.38 bits per heavy atom. The minimum absolute atomic E-state index is 0.0879. The van der Waals surface area contributed by atoms with Gasteiger partial charge in [0.25, 0.3) is 0 Å². The van der Waals surface area contributed by atoms with Crippen molar-refractivity contribution >= 4 is 11.7 Å². The van der Waals surface area contributed by atoms with E-state index in [1.54, 1.807) is 16.8 Å². The summed E-state index contributed by atoms with van der Waals surface area (Å²) < 4.78 is 41.5. The van der Waals surface area contributed by atoms with Crippen LogP contribution in [0.5, 0.6) is 0 Å². The first-order chi connectivity index (χ1) is 13.8. The molecule has 1 N–H and O–H groups in total. The number of aryl methyl sites for hydroxylation is 1. The Bertz CT molecular complexity index is 946. The summed E-state index contributed by atoms with van der Waals surface area (Å²) in [6, 6.07) is 6.31. The van der Waals surface area contributed by atoms with E-state index in [9.17, 15) is 18.0 Å². The lowest BCUT2D eigenvalue weighted by Gasteiger charge is -2.56. The van der Waals surface area contributed by atoms with Crippen molar-refractivity contribution in [2.45, 2.75) is 56.8 Å². The number of anilines is 1. The lowest BCUT2D eigenvalue weighted by molar-refractivity contribution is -0.206. The summed E-state index contributed by atoms with van der Waals surface area (Å²) in [7, 11) is 1.82. The summed E-state index contributed by atoms with van der Waals surface area (Å²) >= 11 is 0. The van der Waals surface area contributed by atoms with Crippen molar-refractivity contribution in [1.29, 1.82) is 0 Å². The quantitative estimate of drug-likeness (QED) is 0.757. The normalized spacial score (nSPS) is 22.6. The van der Waals surface area contributed by atoms with Crippen molar-refractivity contribution < 1.29 is 18.0 Å². The molecule has 29 heavy (non-hydrogen) atoms. The average Bonchev–Trinajstić information content (AvgIpc) is 2.85. The van der Waals surface area contributed by atoms with Gasteiger partial charge in [-0.3, -0.25) is 9.48 Å². The van der Waals surface area contributed by atoms with Crippen LogP contribution in [0.15, 0.2) is 24.3 Å². The van der Waals surface area contributed by atoms with Crippen molar-refractivity contribution in [2.24, 2.45) is 18.4 Å². The van der Waals surface area contributed by atoms with E-state index in [0.29, 0.717) is 24.6 Å². The first-order valence-electron chi connectivity index (χ1n) is 10.3. The van der Waals surface area contributed by atoms with E-state index in [0.717, 1.165) is 36.1 Å². The van der Waals surface area contributed by atoms with Gasteiger partial charge in [0, 0.05) is 36.9 Å². The van der Waals surface area contributed by atoms with E-state index in [-0.39, 0.29) is 35.9 Å². The number of alkyl halides is 2. The van der Waals surface area contributed by atoms with Crippen molar-refractivity contribution in [3.8, 4) is 11.3 Å². The Morgan fingerprint density at radius 1 is 1.17 bits per heavy atom. The van der Waals surface area contributed by atoms with Gasteiger partial charge in [0.15, 0.2) is 5.82 Å². The van der Waals surface area contributed by atoms with E-state index >= 15 is 0 Å². The second-order valence-electron chi connectivity index (χ2n) is 9.17. The molecule has 1 aromatic carbocycles. The molecule has 1 spiro atoms.